The van der Waals surface area contributed by atoms with Crippen LogP contribution in [0.5, 0.6) is 5.75 Å². The number of hydrogen-bond donors (Lipinski definition) is 1. The Morgan fingerprint density at radius 3 is 2.88 bits per heavy atom. The SMILES string of the molecule is Cl.NCCN1Cc2ccccc2OCC1=O. The van der Waals surface area contributed by atoms with E-state index in [1.807, 2.05) is 24.3 Å². The molecule has 0 saturated heterocycles. The van der Waals surface area contributed by atoms with Crippen molar-refractivity contribution in [3.05, 3.63) is 29.8 Å². The molecule has 0 aromatic heterocycles. The first-order chi connectivity index (χ1) is 7.31. The van der Waals surface area contributed by atoms with Crippen LogP contribution in [0.1, 0.15) is 5.56 Å². The van der Waals surface area contributed by atoms with Gasteiger partial charge >= 0.3 is 0 Å². The van der Waals surface area contributed by atoms with Gasteiger partial charge in [0.1, 0.15) is 5.75 Å². The van der Waals surface area contributed by atoms with E-state index in [0.717, 1.165) is 11.3 Å². The molecule has 4 nitrogen and oxygen atoms in total. The Morgan fingerprint density at radius 2 is 2.12 bits per heavy atom. The van der Waals surface area contributed by atoms with Crippen LogP contribution in [0.15, 0.2) is 24.3 Å². The van der Waals surface area contributed by atoms with Crippen LogP contribution in [0.4, 0.5) is 0 Å². The molecule has 1 aromatic rings. The molecule has 0 saturated carbocycles. The fourth-order valence-corrected chi connectivity index (χ4v) is 1.66. The monoisotopic (exact) mass is 242 g/mol. The van der Waals surface area contributed by atoms with Gasteiger partial charge in [0.25, 0.3) is 5.91 Å². The van der Waals surface area contributed by atoms with Crippen molar-refractivity contribution in [1.82, 2.24) is 4.90 Å². The Morgan fingerprint density at radius 1 is 1.38 bits per heavy atom. The van der Waals surface area contributed by atoms with Crippen molar-refractivity contribution in [2.75, 3.05) is 19.7 Å². The maximum Gasteiger partial charge on any atom is 0.260 e. The highest BCUT2D eigenvalue weighted by molar-refractivity contribution is 5.85. The van der Waals surface area contributed by atoms with Crippen molar-refractivity contribution in [3.8, 4) is 5.75 Å². The van der Waals surface area contributed by atoms with Crippen molar-refractivity contribution >= 4 is 18.3 Å². The Balaban J connectivity index is 0.00000128. The first-order valence-electron chi connectivity index (χ1n) is 5.00. The molecule has 0 radical (unpaired) electrons. The minimum absolute atomic E-state index is 0. The first kappa shape index (κ1) is 12.8. The van der Waals surface area contributed by atoms with Crippen LogP contribution in [0.2, 0.25) is 0 Å². The summed E-state index contributed by atoms with van der Waals surface area (Å²) in [6.45, 7) is 1.76. The molecule has 1 aliphatic rings. The highest BCUT2D eigenvalue weighted by Gasteiger charge is 2.19. The quantitative estimate of drug-likeness (QED) is 0.834. The largest absolute Gasteiger partial charge is 0.483 e. The fourth-order valence-electron chi connectivity index (χ4n) is 1.66. The third-order valence-corrected chi connectivity index (χ3v) is 2.44. The van der Waals surface area contributed by atoms with Crippen molar-refractivity contribution < 1.29 is 9.53 Å². The lowest BCUT2D eigenvalue weighted by Crippen LogP contribution is -2.36. The van der Waals surface area contributed by atoms with E-state index >= 15 is 0 Å². The van der Waals surface area contributed by atoms with Gasteiger partial charge in [0.15, 0.2) is 6.61 Å². The normalized spacial score (nSPS) is 14.6. The number of halogens is 1. The van der Waals surface area contributed by atoms with Crippen molar-refractivity contribution in [3.63, 3.8) is 0 Å². The average Bonchev–Trinajstić information content (AvgIpc) is 2.41. The van der Waals surface area contributed by atoms with Crippen LogP contribution in [-0.4, -0.2) is 30.5 Å². The van der Waals surface area contributed by atoms with Crippen LogP contribution >= 0.6 is 12.4 Å². The smallest absolute Gasteiger partial charge is 0.260 e. The van der Waals surface area contributed by atoms with Gasteiger partial charge in [-0.1, -0.05) is 18.2 Å². The number of nitrogens with two attached hydrogens (primary N) is 1. The third-order valence-electron chi connectivity index (χ3n) is 2.44. The number of carbonyl (C=O) groups is 1. The summed E-state index contributed by atoms with van der Waals surface area (Å²) in [6, 6.07) is 7.70. The zero-order chi connectivity index (χ0) is 10.7. The molecule has 1 aliphatic heterocycles. The molecule has 0 atom stereocenters. The zero-order valence-electron chi connectivity index (χ0n) is 8.89. The molecule has 0 spiro atoms. The van der Waals surface area contributed by atoms with Crippen LogP contribution in [0.25, 0.3) is 0 Å². The van der Waals surface area contributed by atoms with Crippen LogP contribution in [-0.2, 0) is 11.3 Å². The van der Waals surface area contributed by atoms with E-state index < -0.39 is 0 Å². The van der Waals surface area contributed by atoms with Gasteiger partial charge in [-0.25, -0.2) is 0 Å². The lowest BCUT2D eigenvalue weighted by molar-refractivity contribution is -0.133. The van der Waals surface area contributed by atoms with Gasteiger partial charge in [-0.15, -0.1) is 12.4 Å². The summed E-state index contributed by atoms with van der Waals surface area (Å²) in [6.07, 6.45) is 0. The number of carbonyl (C=O) groups excluding carboxylic acids is 1. The molecule has 1 aromatic carbocycles. The second-order valence-electron chi connectivity index (χ2n) is 3.50. The summed E-state index contributed by atoms with van der Waals surface area (Å²) in [5.41, 5.74) is 6.50. The highest BCUT2D eigenvalue weighted by atomic mass is 35.5. The Bertz CT molecular complexity index is 371. The fraction of sp³-hybridized carbons (Fsp3) is 0.364. The average molecular weight is 243 g/mol. The molecule has 5 heteroatoms. The van der Waals surface area contributed by atoms with Gasteiger partial charge < -0.3 is 15.4 Å². The van der Waals surface area contributed by atoms with Crippen molar-refractivity contribution in [1.29, 1.82) is 0 Å². The predicted molar refractivity (Wildman–Crippen MR) is 63.7 cm³/mol. The molecule has 1 heterocycles. The van der Waals surface area contributed by atoms with Crippen molar-refractivity contribution in [2.24, 2.45) is 5.73 Å². The Labute approximate surface area is 101 Å². The van der Waals surface area contributed by atoms with Crippen LogP contribution in [0.3, 0.4) is 0 Å². The summed E-state index contributed by atoms with van der Waals surface area (Å²) in [5, 5.41) is 0. The molecule has 0 fully saturated rings. The molecule has 1 amide bonds. The summed E-state index contributed by atoms with van der Waals surface area (Å²) < 4.78 is 5.41. The van der Waals surface area contributed by atoms with Gasteiger partial charge in [-0.2, -0.15) is 0 Å². The number of fused-ring (bicyclic) bond motifs is 1. The molecule has 0 aliphatic carbocycles. The maximum atomic E-state index is 11.6. The number of nitrogens with zero attached hydrogens (tertiary/aromatic N) is 1. The second-order valence-corrected chi connectivity index (χ2v) is 3.50. The van der Waals surface area contributed by atoms with E-state index in [4.69, 9.17) is 10.5 Å². The number of benzene rings is 1. The molecule has 0 unspecified atom stereocenters. The van der Waals surface area contributed by atoms with E-state index in [9.17, 15) is 4.79 Å². The second kappa shape index (κ2) is 5.72. The van der Waals surface area contributed by atoms with Crippen LogP contribution in [0, 0.1) is 0 Å². The van der Waals surface area contributed by atoms with E-state index in [1.54, 1.807) is 4.90 Å². The summed E-state index contributed by atoms with van der Waals surface area (Å²) in [4.78, 5) is 13.3. The summed E-state index contributed by atoms with van der Waals surface area (Å²) in [7, 11) is 0. The van der Waals surface area contributed by atoms with Gasteiger partial charge in [0.2, 0.25) is 0 Å². The molecular weight excluding hydrogens is 228 g/mol. The number of amides is 1. The summed E-state index contributed by atoms with van der Waals surface area (Å²) in [5.74, 6) is 0.794. The molecule has 2 rings (SSSR count). The van der Waals surface area contributed by atoms with Gasteiger partial charge in [0.05, 0.1) is 0 Å². The summed E-state index contributed by atoms with van der Waals surface area (Å²) >= 11 is 0. The Hall–Kier alpha value is -1.26. The topological polar surface area (TPSA) is 55.6 Å². The number of rotatable bonds is 2. The first-order valence-corrected chi connectivity index (χ1v) is 5.00. The van der Waals surface area contributed by atoms with E-state index in [0.29, 0.717) is 19.6 Å². The molecular formula is C11H15ClN2O2. The van der Waals surface area contributed by atoms with E-state index in [-0.39, 0.29) is 24.9 Å². The van der Waals surface area contributed by atoms with Gasteiger partial charge in [-0.3, -0.25) is 4.79 Å². The molecule has 16 heavy (non-hydrogen) atoms. The Kier molecular flexibility index (Phi) is 4.58. The van der Waals surface area contributed by atoms with Crippen LogP contribution < -0.4 is 10.5 Å². The minimum atomic E-state index is -0.00310. The number of para-hydroxylation sites is 1. The lowest BCUT2D eigenvalue weighted by Gasteiger charge is -2.18. The molecule has 88 valence electrons. The zero-order valence-corrected chi connectivity index (χ0v) is 9.70. The van der Waals surface area contributed by atoms with Gasteiger partial charge in [0, 0.05) is 25.2 Å². The maximum absolute atomic E-state index is 11.6. The standard InChI is InChI=1S/C11H14N2O2.ClH/c12-5-6-13-7-9-3-1-2-4-10(9)15-8-11(13)14;/h1-4H,5-8,12H2;1H. The highest BCUT2D eigenvalue weighted by Crippen LogP contribution is 2.22. The van der Waals surface area contributed by atoms with Crippen molar-refractivity contribution in [2.45, 2.75) is 6.54 Å². The molecule has 2 N–H and O–H groups in total. The predicted octanol–water partition coefficient (Wildman–Crippen LogP) is 0.788. The third kappa shape index (κ3) is 2.65. The van der Waals surface area contributed by atoms with E-state index in [1.165, 1.54) is 0 Å². The number of ether oxygens (including phenoxy) is 1. The number of hydrogen-bond acceptors (Lipinski definition) is 3. The molecule has 0 bridgehead atoms. The lowest BCUT2D eigenvalue weighted by atomic mass is 10.2. The van der Waals surface area contributed by atoms with Gasteiger partial charge in [-0.05, 0) is 6.07 Å². The van der Waals surface area contributed by atoms with E-state index in [2.05, 4.69) is 0 Å². The minimum Gasteiger partial charge on any atom is -0.483 e.